The van der Waals surface area contributed by atoms with Crippen LogP contribution in [0.25, 0.3) is 0 Å². The normalized spacial score (nSPS) is 11.1. The maximum atomic E-state index is 12.5. The third-order valence-corrected chi connectivity index (χ3v) is 3.29. The number of aryl methyl sites for hydroxylation is 1. The Hall–Kier alpha value is -2.77. The van der Waals surface area contributed by atoms with Gasteiger partial charge in [-0.1, -0.05) is 0 Å². The maximum absolute atomic E-state index is 12.5. The van der Waals surface area contributed by atoms with Gasteiger partial charge in [-0.3, -0.25) is 9.78 Å². The van der Waals surface area contributed by atoms with E-state index in [0.717, 1.165) is 18.3 Å². The van der Waals surface area contributed by atoms with E-state index in [4.69, 9.17) is 9.47 Å². The van der Waals surface area contributed by atoms with Gasteiger partial charge >= 0.3 is 6.18 Å². The van der Waals surface area contributed by atoms with Crippen molar-refractivity contribution in [2.45, 2.75) is 13.1 Å². The van der Waals surface area contributed by atoms with Crippen molar-refractivity contribution in [3.63, 3.8) is 0 Å². The van der Waals surface area contributed by atoms with E-state index in [-0.39, 0.29) is 5.56 Å². The Labute approximate surface area is 136 Å². The second-order valence-electron chi connectivity index (χ2n) is 4.91. The van der Waals surface area contributed by atoms with Gasteiger partial charge in [-0.25, -0.2) is 0 Å². The number of carbonyl (C=O) groups is 1. The van der Waals surface area contributed by atoms with E-state index < -0.39 is 17.8 Å². The summed E-state index contributed by atoms with van der Waals surface area (Å²) in [5.41, 5.74) is 0.122. The number of benzene rings is 1. The number of aromatic nitrogens is 1. The summed E-state index contributed by atoms with van der Waals surface area (Å²) in [7, 11) is 2.95. The van der Waals surface area contributed by atoms with Gasteiger partial charge in [0.2, 0.25) is 0 Å². The van der Waals surface area contributed by atoms with Crippen LogP contribution in [0.2, 0.25) is 0 Å². The zero-order valence-electron chi connectivity index (χ0n) is 13.2. The zero-order chi connectivity index (χ0) is 17.9. The van der Waals surface area contributed by atoms with Crippen molar-refractivity contribution in [2.24, 2.45) is 0 Å². The van der Waals surface area contributed by atoms with Gasteiger partial charge in [0.25, 0.3) is 5.91 Å². The van der Waals surface area contributed by atoms with Crippen molar-refractivity contribution in [2.75, 3.05) is 19.5 Å². The first-order valence-corrected chi connectivity index (χ1v) is 6.83. The summed E-state index contributed by atoms with van der Waals surface area (Å²) < 4.78 is 47.8. The topological polar surface area (TPSA) is 60.5 Å². The third kappa shape index (κ3) is 3.76. The molecule has 0 bridgehead atoms. The number of hydrogen-bond donors (Lipinski definition) is 1. The van der Waals surface area contributed by atoms with Gasteiger partial charge in [0, 0.05) is 18.0 Å². The van der Waals surface area contributed by atoms with Crippen molar-refractivity contribution in [3.05, 3.63) is 47.3 Å². The minimum atomic E-state index is -4.55. The van der Waals surface area contributed by atoms with Crippen LogP contribution in [0, 0.1) is 6.92 Å². The van der Waals surface area contributed by atoms with Crippen molar-refractivity contribution in [1.29, 1.82) is 0 Å². The number of amides is 1. The predicted molar refractivity (Wildman–Crippen MR) is 81.5 cm³/mol. The molecule has 2 rings (SSSR count). The van der Waals surface area contributed by atoms with Gasteiger partial charge in [0.1, 0.15) is 5.69 Å². The fourth-order valence-electron chi connectivity index (χ4n) is 2.01. The van der Waals surface area contributed by atoms with Crippen LogP contribution in [0.1, 0.15) is 21.6 Å². The molecule has 24 heavy (non-hydrogen) atoms. The number of rotatable bonds is 4. The number of nitrogens with zero attached hydrogens (tertiary/aromatic N) is 1. The molecule has 0 fully saturated rings. The highest BCUT2D eigenvalue weighted by molar-refractivity contribution is 6.04. The Morgan fingerprint density at radius 3 is 2.25 bits per heavy atom. The van der Waals surface area contributed by atoms with Crippen LogP contribution in [0.4, 0.5) is 18.9 Å². The summed E-state index contributed by atoms with van der Waals surface area (Å²) in [5, 5.41) is 2.61. The quantitative estimate of drug-likeness (QED) is 0.922. The number of hydrogen-bond acceptors (Lipinski definition) is 4. The van der Waals surface area contributed by atoms with E-state index in [2.05, 4.69) is 10.3 Å². The van der Waals surface area contributed by atoms with Crippen molar-refractivity contribution < 1.29 is 27.4 Å². The second-order valence-corrected chi connectivity index (χ2v) is 4.91. The van der Waals surface area contributed by atoms with Crippen LogP contribution in [0.3, 0.4) is 0 Å². The summed E-state index contributed by atoms with van der Waals surface area (Å²) in [6.07, 6.45) is -3.66. The van der Waals surface area contributed by atoms with Crippen LogP contribution >= 0.6 is 0 Å². The lowest BCUT2D eigenvalue weighted by Gasteiger charge is -2.14. The minimum Gasteiger partial charge on any atom is -0.493 e. The second kappa shape index (κ2) is 6.77. The van der Waals surface area contributed by atoms with Crippen LogP contribution in [0.15, 0.2) is 30.5 Å². The molecule has 1 amide bonds. The van der Waals surface area contributed by atoms with Crippen LogP contribution in [0.5, 0.6) is 11.5 Å². The molecule has 128 valence electrons. The number of pyridine rings is 1. The zero-order valence-corrected chi connectivity index (χ0v) is 13.2. The first-order chi connectivity index (χ1) is 11.3. The Balaban J connectivity index is 2.23. The summed E-state index contributed by atoms with van der Waals surface area (Å²) in [6, 6.07) is 5.08. The van der Waals surface area contributed by atoms with Crippen molar-refractivity contribution in [3.8, 4) is 11.5 Å². The van der Waals surface area contributed by atoms with E-state index in [1.54, 1.807) is 19.1 Å². The van der Waals surface area contributed by atoms with E-state index in [1.165, 1.54) is 14.2 Å². The number of anilines is 1. The highest BCUT2D eigenvalue weighted by Crippen LogP contribution is 2.33. The number of nitrogens with one attached hydrogen (secondary N) is 1. The lowest BCUT2D eigenvalue weighted by molar-refractivity contribution is -0.141. The molecule has 1 aromatic carbocycles. The summed E-state index contributed by atoms with van der Waals surface area (Å²) >= 11 is 0. The molecule has 0 aliphatic heterocycles. The van der Waals surface area contributed by atoms with Crippen molar-refractivity contribution >= 4 is 11.6 Å². The molecule has 5 nitrogen and oxygen atoms in total. The van der Waals surface area contributed by atoms with Gasteiger partial charge in [-0.05, 0) is 30.7 Å². The molecule has 8 heteroatoms. The first kappa shape index (κ1) is 17.6. The molecule has 0 saturated carbocycles. The molecule has 0 radical (unpaired) electrons. The van der Waals surface area contributed by atoms with Gasteiger partial charge in [0.05, 0.1) is 19.8 Å². The Kier molecular flexibility index (Phi) is 4.96. The maximum Gasteiger partial charge on any atom is 0.433 e. The number of ether oxygens (including phenoxy) is 2. The summed E-state index contributed by atoms with van der Waals surface area (Å²) in [4.78, 5) is 15.4. The van der Waals surface area contributed by atoms with Gasteiger partial charge in [-0.15, -0.1) is 0 Å². The standard InChI is InChI=1S/C16H15F3N2O3/c1-9-6-12(23-2)13(24-3)7-11(9)21-15(22)10-4-5-14(20-8-10)16(17,18)19/h4-8H,1-3H3,(H,21,22). The van der Waals surface area contributed by atoms with Gasteiger partial charge in [-0.2, -0.15) is 13.2 Å². The molecule has 1 N–H and O–H groups in total. The third-order valence-electron chi connectivity index (χ3n) is 3.29. The molecule has 0 aliphatic rings. The van der Waals surface area contributed by atoms with E-state index in [1.807, 2.05) is 0 Å². The molecular weight excluding hydrogens is 325 g/mol. The lowest BCUT2D eigenvalue weighted by Crippen LogP contribution is -2.15. The summed E-state index contributed by atoms with van der Waals surface area (Å²) in [5.74, 6) is 0.347. The van der Waals surface area contributed by atoms with Gasteiger partial charge < -0.3 is 14.8 Å². The number of carbonyl (C=O) groups excluding carboxylic acids is 1. The highest BCUT2D eigenvalue weighted by atomic mass is 19.4. The van der Waals surface area contributed by atoms with Crippen LogP contribution < -0.4 is 14.8 Å². The number of alkyl halides is 3. The molecule has 0 atom stereocenters. The molecule has 2 aromatic rings. The molecule has 0 saturated heterocycles. The van der Waals surface area contributed by atoms with E-state index in [0.29, 0.717) is 22.7 Å². The molecule has 1 heterocycles. The highest BCUT2D eigenvalue weighted by Gasteiger charge is 2.32. The Bertz CT molecular complexity index is 743. The lowest BCUT2D eigenvalue weighted by atomic mass is 10.1. The van der Waals surface area contributed by atoms with E-state index >= 15 is 0 Å². The Morgan fingerprint density at radius 2 is 1.75 bits per heavy atom. The SMILES string of the molecule is COc1cc(C)c(NC(=O)c2ccc(C(F)(F)F)nc2)cc1OC. The van der Waals surface area contributed by atoms with Crippen LogP contribution in [-0.4, -0.2) is 25.1 Å². The average molecular weight is 340 g/mol. The largest absolute Gasteiger partial charge is 0.493 e. The molecule has 0 unspecified atom stereocenters. The average Bonchev–Trinajstić information content (AvgIpc) is 2.55. The van der Waals surface area contributed by atoms with Crippen LogP contribution in [-0.2, 0) is 6.18 Å². The van der Waals surface area contributed by atoms with Gasteiger partial charge in [0.15, 0.2) is 11.5 Å². The fourth-order valence-corrected chi connectivity index (χ4v) is 2.01. The monoisotopic (exact) mass is 340 g/mol. The number of methoxy groups -OCH3 is 2. The smallest absolute Gasteiger partial charge is 0.433 e. The molecule has 1 aromatic heterocycles. The molecule has 0 aliphatic carbocycles. The Morgan fingerprint density at radius 1 is 1.12 bits per heavy atom. The first-order valence-electron chi connectivity index (χ1n) is 6.83. The summed E-state index contributed by atoms with van der Waals surface area (Å²) in [6.45, 7) is 1.75. The predicted octanol–water partition coefficient (Wildman–Crippen LogP) is 3.68. The molecular formula is C16H15F3N2O3. The van der Waals surface area contributed by atoms with E-state index in [9.17, 15) is 18.0 Å². The van der Waals surface area contributed by atoms with Crippen molar-refractivity contribution in [1.82, 2.24) is 4.98 Å². The molecule has 0 spiro atoms. The number of halogens is 3. The minimum absolute atomic E-state index is 0.0113. The fraction of sp³-hybridized carbons (Fsp3) is 0.250.